The van der Waals surface area contributed by atoms with Gasteiger partial charge in [0, 0.05) is 0 Å². The molecule has 1 N–H and O–H groups in total. The van der Waals surface area contributed by atoms with Crippen molar-refractivity contribution in [1.29, 1.82) is 5.26 Å². The van der Waals surface area contributed by atoms with Gasteiger partial charge in [-0.2, -0.15) is 5.26 Å². The van der Waals surface area contributed by atoms with Gasteiger partial charge in [0.05, 0.1) is 11.7 Å². The number of benzene rings is 1. The zero-order valence-electron chi connectivity index (χ0n) is 8.21. The van der Waals surface area contributed by atoms with Crippen molar-refractivity contribution < 1.29 is 9.50 Å². The first-order valence-electron chi connectivity index (χ1n) is 4.49. The summed E-state index contributed by atoms with van der Waals surface area (Å²) in [5, 5.41) is 18.3. The predicted octanol–water partition coefficient (Wildman–Crippen LogP) is 2.45. The van der Waals surface area contributed by atoms with Crippen LogP contribution in [-0.4, -0.2) is 5.11 Å². The fourth-order valence-electron chi connectivity index (χ4n) is 1.41. The number of aliphatic hydroxyl groups excluding tert-OH is 1. The zero-order chi connectivity index (χ0) is 10.7. The van der Waals surface area contributed by atoms with Crippen LogP contribution in [0.4, 0.5) is 4.39 Å². The molecular weight excluding hydrogens is 181 g/mol. The molecular formula is C11H12FNO. The number of rotatable bonds is 2. The van der Waals surface area contributed by atoms with Gasteiger partial charge in [-0.25, -0.2) is 4.39 Å². The number of halogens is 1. The van der Waals surface area contributed by atoms with Crippen LogP contribution >= 0.6 is 0 Å². The van der Waals surface area contributed by atoms with E-state index in [-0.39, 0.29) is 5.56 Å². The van der Waals surface area contributed by atoms with Crippen molar-refractivity contribution in [2.75, 3.05) is 0 Å². The van der Waals surface area contributed by atoms with Crippen molar-refractivity contribution in [2.45, 2.75) is 26.4 Å². The van der Waals surface area contributed by atoms with Crippen LogP contribution in [0.1, 0.15) is 36.1 Å². The van der Waals surface area contributed by atoms with Gasteiger partial charge in [-0.05, 0) is 30.5 Å². The minimum absolute atomic E-state index is 0.0231. The maximum Gasteiger partial charge on any atom is 0.141 e. The number of nitrogens with zero attached hydrogens (tertiary/aromatic N) is 1. The first kappa shape index (κ1) is 10.7. The molecule has 0 heterocycles. The second kappa shape index (κ2) is 4.21. The van der Waals surface area contributed by atoms with Crippen molar-refractivity contribution in [3.05, 3.63) is 34.6 Å². The Balaban J connectivity index is 3.30. The summed E-state index contributed by atoms with van der Waals surface area (Å²) in [4.78, 5) is 0. The molecule has 0 bridgehead atoms. The predicted molar refractivity (Wildman–Crippen MR) is 51.1 cm³/mol. The molecule has 0 spiro atoms. The quantitative estimate of drug-likeness (QED) is 0.784. The highest BCUT2D eigenvalue weighted by Crippen LogP contribution is 2.24. The lowest BCUT2D eigenvalue weighted by molar-refractivity contribution is 0.173. The van der Waals surface area contributed by atoms with Crippen LogP contribution in [0, 0.1) is 24.1 Å². The fourth-order valence-corrected chi connectivity index (χ4v) is 1.41. The molecule has 2 nitrogen and oxygen atoms in total. The Labute approximate surface area is 82.6 Å². The molecule has 0 aliphatic heterocycles. The van der Waals surface area contributed by atoms with Gasteiger partial charge >= 0.3 is 0 Å². The molecule has 0 saturated carbocycles. The monoisotopic (exact) mass is 193 g/mol. The van der Waals surface area contributed by atoms with Gasteiger partial charge in [0.1, 0.15) is 11.9 Å². The molecule has 3 heteroatoms. The Morgan fingerprint density at radius 2 is 2.21 bits per heavy atom. The lowest BCUT2D eigenvalue weighted by atomic mass is 9.97. The van der Waals surface area contributed by atoms with Gasteiger partial charge in [-0.15, -0.1) is 0 Å². The molecule has 1 rings (SSSR count). The van der Waals surface area contributed by atoms with Crippen molar-refractivity contribution in [1.82, 2.24) is 0 Å². The zero-order valence-corrected chi connectivity index (χ0v) is 8.21. The average molecular weight is 193 g/mol. The topological polar surface area (TPSA) is 44.0 Å². The van der Waals surface area contributed by atoms with E-state index in [1.807, 2.05) is 6.92 Å². The van der Waals surface area contributed by atoms with Crippen LogP contribution in [0.3, 0.4) is 0 Å². The van der Waals surface area contributed by atoms with Gasteiger partial charge in [-0.1, -0.05) is 13.0 Å². The summed E-state index contributed by atoms with van der Waals surface area (Å²) in [5.74, 6) is -0.531. The van der Waals surface area contributed by atoms with E-state index in [2.05, 4.69) is 0 Å². The van der Waals surface area contributed by atoms with Gasteiger partial charge in [-0.3, -0.25) is 0 Å². The molecule has 1 aromatic carbocycles. The maximum atomic E-state index is 13.1. The number of nitriles is 1. The average Bonchev–Trinajstić information content (AvgIpc) is 2.18. The second-order valence-electron chi connectivity index (χ2n) is 3.17. The highest BCUT2D eigenvalue weighted by atomic mass is 19.1. The van der Waals surface area contributed by atoms with E-state index in [4.69, 9.17) is 5.26 Å². The van der Waals surface area contributed by atoms with Gasteiger partial charge in [0.15, 0.2) is 0 Å². The molecule has 74 valence electrons. The normalized spacial score (nSPS) is 12.2. The van der Waals surface area contributed by atoms with Crippen molar-refractivity contribution in [3.8, 4) is 6.07 Å². The number of hydrogen-bond acceptors (Lipinski definition) is 2. The summed E-state index contributed by atoms with van der Waals surface area (Å²) >= 11 is 0. The summed E-state index contributed by atoms with van der Waals surface area (Å²) in [6, 6.07) is 4.55. The lowest BCUT2D eigenvalue weighted by Crippen LogP contribution is -2.01. The van der Waals surface area contributed by atoms with E-state index in [9.17, 15) is 9.50 Å². The van der Waals surface area contributed by atoms with Crippen molar-refractivity contribution in [3.63, 3.8) is 0 Å². The Morgan fingerprint density at radius 1 is 1.57 bits per heavy atom. The van der Waals surface area contributed by atoms with Crippen LogP contribution < -0.4 is 0 Å². The molecule has 0 radical (unpaired) electrons. The third-order valence-electron chi connectivity index (χ3n) is 2.31. The van der Waals surface area contributed by atoms with Crippen LogP contribution in [0.25, 0.3) is 0 Å². The molecule has 0 fully saturated rings. The van der Waals surface area contributed by atoms with Gasteiger partial charge < -0.3 is 5.11 Å². The molecule has 14 heavy (non-hydrogen) atoms. The minimum atomic E-state index is -0.623. The van der Waals surface area contributed by atoms with E-state index >= 15 is 0 Å². The summed E-state index contributed by atoms with van der Waals surface area (Å²) in [6.45, 7) is 3.48. The number of aliphatic hydroxyl groups is 1. The molecule has 0 aliphatic carbocycles. The third kappa shape index (κ3) is 1.75. The van der Waals surface area contributed by atoms with E-state index in [1.54, 1.807) is 13.0 Å². The molecule has 1 aromatic rings. The van der Waals surface area contributed by atoms with E-state index in [0.29, 0.717) is 17.5 Å². The summed E-state index contributed by atoms with van der Waals surface area (Å²) in [5.41, 5.74) is 1.18. The highest BCUT2D eigenvalue weighted by molar-refractivity contribution is 5.43. The molecule has 0 aromatic heterocycles. The standard InChI is InChI=1S/C11H12FNO/c1-3-11(14)8-4-5-10(12)9(6-13)7(8)2/h4-5,11,14H,3H2,1-2H3. The van der Waals surface area contributed by atoms with Crippen LogP contribution in [-0.2, 0) is 0 Å². The van der Waals surface area contributed by atoms with Gasteiger partial charge in [0.2, 0.25) is 0 Å². The van der Waals surface area contributed by atoms with Gasteiger partial charge in [0.25, 0.3) is 0 Å². The minimum Gasteiger partial charge on any atom is -0.388 e. The molecule has 1 unspecified atom stereocenters. The molecule has 0 aliphatic rings. The molecule has 1 atom stereocenters. The first-order valence-corrected chi connectivity index (χ1v) is 4.49. The maximum absolute atomic E-state index is 13.1. The lowest BCUT2D eigenvalue weighted by Gasteiger charge is -2.12. The Bertz CT molecular complexity index is 382. The van der Waals surface area contributed by atoms with Crippen LogP contribution in [0.2, 0.25) is 0 Å². The van der Waals surface area contributed by atoms with E-state index < -0.39 is 11.9 Å². The van der Waals surface area contributed by atoms with E-state index in [0.717, 1.165) is 0 Å². The Kier molecular flexibility index (Phi) is 3.21. The largest absolute Gasteiger partial charge is 0.388 e. The summed E-state index contributed by atoms with van der Waals surface area (Å²) in [7, 11) is 0. The van der Waals surface area contributed by atoms with Crippen LogP contribution in [0.5, 0.6) is 0 Å². The molecule has 0 amide bonds. The third-order valence-corrected chi connectivity index (χ3v) is 2.31. The van der Waals surface area contributed by atoms with Crippen molar-refractivity contribution in [2.24, 2.45) is 0 Å². The smallest absolute Gasteiger partial charge is 0.141 e. The Hall–Kier alpha value is -1.40. The Morgan fingerprint density at radius 3 is 2.71 bits per heavy atom. The highest BCUT2D eigenvalue weighted by Gasteiger charge is 2.13. The SMILES string of the molecule is CCC(O)c1ccc(F)c(C#N)c1C. The van der Waals surface area contributed by atoms with Crippen molar-refractivity contribution >= 4 is 0 Å². The van der Waals surface area contributed by atoms with Crippen LogP contribution in [0.15, 0.2) is 12.1 Å². The summed E-state index contributed by atoms with van der Waals surface area (Å²) < 4.78 is 13.1. The number of hydrogen-bond donors (Lipinski definition) is 1. The first-order chi connectivity index (χ1) is 6.61. The molecule has 0 saturated heterocycles. The fraction of sp³-hybridized carbons (Fsp3) is 0.364. The summed E-state index contributed by atoms with van der Waals surface area (Å²) in [6.07, 6.45) is -0.0696. The van der Waals surface area contributed by atoms with E-state index in [1.165, 1.54) is 12.1 Å². The second-order valence-corrected chi connectivity index (χ2v) is 3.17.